The molecule has 1 rings (SSSR count). The van der Waals surface area contributed by atoms with Gasteiger partial charge in [0.2, 0.25) is 0 Å². The van der Waals surface area contributed by atoms with Crippen LogP contribution < -0.4 is 5.32 Å². The van der Waals surface area contributed by atoms with E-state index in [9.17, 15) is 4.79 Å². The summed E-state index contributed by atoms with van der Waals surface area (Å²) in [4.78, 5) is 10.2. The lowest BCUT2D eigenvalue weighted by molar-refractivity contribution is -0.136. The molecule has 0 aliphatic carbocycles. The van der Waals surface area contributed by atoms with Gasteiger partial charge in [0.1, 0.15) is 0 Å². The predicted molar refractivity (Wildman–Crippen MR) is 55.1 cm³/mol. The van der Waals surface area contributed by atoms with Crippen LogP contribution >= 0.6 is 0 Å². The zero-order valence-electron chi connectivity index (χ0n) is 8.29. The van der Waals surface area contributed by atoms with Crippen molar-refractivity contribution < 1.29 is 9.90 Å². The maximum absolute atomic E-state index is 10.2. The van der Waals surface area contributed by atoms with Crippen molar-refractivity contribution in [3.63, 3.8) is 0 Å². The highest BCUT2D eigenvalue weighted by Gasteiger charge is 1.96. The van der Waals surface area contributed by atoms with Crippen molar-refractivity contribution in [2.45, 2.75) is 19.9 Å². The summed E-state index contributed by atoms with van der Waals surface area (Å²) in [6.45, 7) is 3.29. The fourth-order valence-electron chi connectivity index (χ4n) is 1.13. The minimum Gasteiger partial charge on any atom is -0.481 e. The molecular formula is C11H15NO2. The molecule has 3 nitrogen and oxygen atoms in total. The number of aliphatic carboxylic acids is 1. The Balaban J connectivity index is 2.25. The van der Waals surface area contributed by atoms with Crippen molar-refractivity contribution in [3.05, 3.63) is 35.4 Å². The van der Waals surface area contributed by atoms with E-state index in [1.807, 2.05) is 31.2 Å². The molecule has 14 heavy (non-hydrogen) atoms. The number of aryl methyl sites for hydroxylation is 1. The predicted octanol–water partition coefficient (Wildman–Crippen LogP) is 1.56. The Bertz CT molecular complexity index is 293. The summed E-state index contributed by atoms with van der Waals surface area (Å²) >= 11 is 0. The standard InChI is InChI=1S/C11H15NO2/c1-9-2-4-10(5-3-9)8-12-7-6-11(13)14/h2-5,12H,6-8H2,1H3,(H,13,14). The number of carboxylic acid groups (broad SMARTS) is 1. The topological polar surface area (TPSA) is 49.3 Å². The lowest BCUT2D eigenvalue weighted by Gasteiger charge is -2.03. The molecule has 0 spiro atoms. The van der Waals surface area contributed by atoms with E-state index in [0.29, 0.717) is 6.54 Å². The molecule has 0 bridgehead atoms. The van der Waals surface area contributed by atoms with Gasteiger partial charge < -0.3 is 10.4 Å². The minimum absolute atomic E-state index is 0.172. The Morgan fingerprint density at radius 3 is 2.57 bits per heavy atom. The van der Waals surface area contributed by atoms with Crippen LogP contribution in [0.5, 0.6) is 0 Å². The highest BCUT2D eigenvalue weighted by Crippen LogP contribution is 2.02. The summed E-state index contributed by atoms with van der Waals surface area (Å²) in [6.07, 6.45) is 0.172. The normalized spacial score (nSPS) is 10.1. The van der Waals surface area contributed by atoms with E-state index < -0.39 is 5.97 Å². The zero-order chi connectivity index (χ0) is 10.4. The molecule has 0 unspecified atom stereocenters. The molecule has 0 aliphatic heterocycles. The molecular weight excluding hydrogens is 178 g/mol. The van der Waals surface area contributed by atoms with E-state index in [4.69, 9.17) is 5.11 Å². The van der Waals surface area contributed by atoms with Gasteiger partial charge in [-0.25, -0.2) is 0 Å². The molecule has 0 fully saturated rings. The minimum atomic E-state index is -0.763. The molecule has 0 aromatic heterocycles. The molecule has 0 saturated carbocycles. The monoisotopic (exact) mass is 193 g/mol. The molecule has 0 saturated heterocycles. The van der Waals surface area contributed by atoms with E-state index >= 15 is 0 Å². The first-order chi connectivity index (χ1) is 6.68. The molecule has 3 heteroatoms. The molecule has 2 N–H and O–H groups in total. The first kappa shape index (κ1) is 10.7. The van der Waals surface area contributed by atoms with Crippen molar-refractivity contribution >= 4 is 5.97 Å². The van der Waals surface area contributed by atoms with E-state index in [-0.39, 0.29) is 6.42 Å². The van der Waals surface area contributed by atoms with Crippen molar-refractivity contribution in [2.24, 2.45) is 0 Å². The van der Waals surface area contributed by atoms with Gasteiger partial charge in [0.25, 0.3) is 0 Å². The summed E-state index contributed by atoms with van der Waals surface area (Å²) in [5, 5.41) is 11.5. The van der Waals surface area contributed by atoms with Gasteiger partial charge in [0.15, 0.2) is 0 Å². The summed E-state index contributed by atoms with van der Waals surface area (Å²) in [5.41, 5.74) is 2.42. The van der Waals surface area contributed by atoms with Gasteiger partial charge in [-0.3, -0.25) is 4.79 Å². The number of carbonyl (C=O) groups is 1. The van der Waals surface area contributed by atoms with Crippen LogP contribution in [0.4, 0.5) is 0 Å². The van der Waals surface area contributed by atoms with E-state index in [0.717, 1.165) is 6.54 Å². The van der Waals surface area contributed by atoms with Crippen LogP contribution in [0, 0.1) is 6.92 Å². The number of carboxylic acids is 1. The quantitative estimate of drug-likeness (QED) is 0.698. The SMILES string of the molecule is Cc1ccc(CNCCC(=O)O)cc1. The first-order valence-corrected chi connectivity index (χ1v) is 4.66. The summed E-state index contributed by atoms with van der Waals surface area (Å²) in [6, 6.07) is 8.19. The van der Waals surface area contributed by atoms with Gasteiger partial charge in [-0.2, -0.15) is 0 Å². The smallest absolute Gasteiger partial charge is 0.304 e. The number of benzene rings is 1. The maximum Gasteiger partial charge on any atom is 0.304 e. The van der Waals surface area contributed by atoms with Crippen LogP contribution in [0.3, 0.4) is 0 Å². The van der Waals surface area contributed by atoms with Crippen LogP contribution in [0.25, 0.3) is 0 Å². The van der Waals surface area contributed by atoms with Crippen LogP contribution in [-0.4, -0.2) is 17.6 Å². The van der Waals surface area contributed by atoms with Crippen LogP contribution in [0.2, 0.25) is 0 Å². The second kappa shape index (κ2) is 5.40. The van der Waals surface area contributed by atoms with Gasteiger partial charge in [-0.1, -0.05) is 29.8 Å². The van der Waals surface area contributed by atoms with Crippen molar-refractivity contribution in [3.8, 4) is 0 Å². The average molecular weight is 193 g/mol. The number of hydrogen-bond donors (Lipinski definition) is 2. The third kappa shape index (κ3) is 4.05. The molecule has 0 amide bonds. The second-order valence-electron chi connectivity index (χ2n) is 3.31. The Kier molecular flexibility index (Phi) is 4.13. The highest BCUT2D eigenvalue weighted by atomic mass is 16.4. The second-order valence-corrected chi connectivity index (χ2v) is 3.31. The molecule has 1 aromatic carbocycles. The summed E-state index contributed by atoms with van der Waals surface area (Å²) in [7, 11) is 0. The highest BCUT2D eigenvalue weighted by molar-refractivity contribution is 5.66. The summed E-state index contributed by atoms with van der Waals surface area (Å²) < 4.78 is 0. The van der Waals surface area contributed by atoms with Gasteiger partial charge in [0.05, 0.1) is 6.42 Å². The van der Waals surface area contributed by atoms with Crippen LogP contribution in [-0.2, 0) is 11.3 Å². The molecule has 1 aromatic rings. The van der Waals surface area contributed by atoms with Gasteiger partial charge in [-0.05, 0) is 12.5 Å². The van der Waals surface area contributed by atoms with Gasteiger partial charge >= 0.3 is 5.97 Å². The maximum atomic E-state index is 10.2. The Morgan fingerprint density at radius 2 is 2.00 bits per heavy atom. The van der Waals surface area contributed by atoms with Crippen molar-refractivity contribution in [1.82, 2.24) is 5.32 Å². The van der Waals surface area contributed by atoms with Crippen LogP contribution in [0.15, 0.2) is 24.3 Å². The van der Waals surface area contributed by atoms with E-state index in [1.54, 1.807) is 0 Å². The third-order valence-electron chi connectivity index (χ3n) is 1.97. The fraction of sp³-hybridized carbons (Fsp3) is 0.364. The molecule has 0 heterocycles. The van der Waals surface area contributed by atoms with Crippen LogP contribution in [0.1, 0.15) is 17.5 Å². The average Bonchev–Trinajstić information content (AvgIpc) is 2.15. The number of hydrogen-bond acceptors (Lipinski definition) is 2. The van der Waals surface area contributed by atoms with Gasteiger partial charge in [0, 0.05) is 13.1 Å². The van der Waals surface area contributed by atoms with Gasteiger partial charge in [-0.15, -0.1) is 0 Å². The Morgan fingerprint density at radius 1 is 1.36 bits per heavy atom. The molecule has 0 atom stereocenters. The number of nitrogens with one attached hydrogen (secondary N) is 1. The number of rotatable bonds is 5. The first-order valence-electron chi connectivity index (χ1n) is 4.66. The lowest BCUT2D eigenvalue weighted by Crippen LogP contribution is -2.17. The Hall–Kier alpha value is -1.35. The third-order valence-corrected chi connectivity index (χ3v) is 1.97. The zero-order valence-corrected chi connectivity index (χ0v) is 8.29. The van der Waals surface area contributed by atoms with Crippen molar-refractivity contribution in [2.75, 3.05) is 6.54 Å². The molecule has 0 aliphatic rings. The van der Waals surface area contributed by atoms with E-state index in [1.165, 1.54) is 11.1 Å². The molecule has 76 valence electrons. The van der Waals surface area contributed by atoms with E-state index in [2.05, 4.69) is 5.32 Å². The molecule has 0 radical (unpaired) electrons. The lowest BCUT2D eigenvalue weighted by atomic mass is 10.1. The Labute approximate surface area is 83.8 Å². The largest absolute Gasteiger partial charge is 0.481 e. The van der Waals surface area contributed by atoms with Crippen molar-refractivity contribution in [1.29, 1.82) is 0 Å². The fourth-order valence-corrected chi connectivity index (χ4v) is 1.13. The summed E-state index contributed by atoms with van der Waals surface area (Å²) in [5.74, 6) is -0.763.